The summed E-state index contributed by atoms with van der Waals surface area (Å²) < 4.78 is 11.2. The summed E-state index contributed by atoms with van der Waals surface area (Å²) in [6.07, 6.45) is 9.52. The van der Waals surface area contributed by atoms with Crippen molar-refractivity contribution in [3.05, 3.63) is 11.7 Å². The molecule has 0 bridgehead atoms. The van der Waals surface area contributed by atoms with Gasteiger partial charge in [0.2, 0.25) is 5.89 Å². The van der Waals surface area contributed by atoms with Crippen molar-refractivity contribution in [1.82, 2.24) is 15.5 Å². The first-order valence-corrected chi connectivity index (χ1v) is 7.92. The van der Waals surface area contributed by atoms with E-state index in [1.807, 2.05) is 6.92 Å². The minimum atomic E-state index is -0.0370. The van der Waals surface area contributed by atoms with Crippen molar-refractivity contribution in [1.29, 1.82) is 0 Å². The molecule has 5 heteroatoms. The number of aryl methyl sites for hydroxylation is 1. The summed E-state index contributed by atoms with van der Waals surface area (Å²) in [5.41, 5.74) is 0.152. The van der Waals surface area contributed by atoms with Gasteiger partial charge in [0.1, 0.15) is 0 Å². The first-order chi connectivity index (χ1) is 9.70. The van der Waals surface area contributed by atoms with Gasteiger partial charge in [-0.15, -0.1) is 0 Å². The number of rotatable bonds is 3. The summed E-state index contributed by atoms with van der Waals surface area (Å²) in [6, 6.07) is 0.531. The standard InChI is InChI=1S/C15H23N3O2/c1-11-16-13(18-20-11)15(7-3-8-15)17-12-4-9-19-14(10-12)5-2-6-14/h12,17H,2-10H2,1H3/t12-/m0/s1. The van der Waals surface area contributed by atoms with E-state index in [-0.39, 0.29) is 11.1 Å². The van der Waals surface area contributed by atoms with E-state index in [4.69, 9.17) is 9.26 Å². The molecule has 1 aromatic heterocycles. The quantitative estimate of drug-likeness (QED) is 0.919. The lowest BCUT2D eigenvalue weighted by atomic mass is 9.71. The van der Waals surface area contributed by atoms with Gasteiger partial charge in [-0.3, -0.25) is 0 Å². The third-order valence-corrected chi connectivity index (χ3v) is 5.40. The van der Waals surface area contributed by atoms with E-state index in [0.717, 1.165) is 38.1 Å². The van der Waals surface area contributed by atoms with Gasteiger partial charge >= 0.3 is 0 Å². The van der Waals surface area contributed by atoms with Crippen LogP contribution < -0.4 is 5.32 Å². The largest absolute Gasteiger partial charge is 0.375 e. The molecule has 110 valence electrons. The maximum absolute atomic E-state index is 6.02. The van der Waals surface area contributed by atoms with Crippen molar-refractivity contribution in [2.24, 2.45) is 0 Å². The second-order valence-corrected chi connectivity index (χ2v) is 6.79. The summed E-state index contributed by atoms with van der Waals surface area (Å²) in [7, 11) is 0. The van der Waals surface area contributed by atoms with E-state index in [0.29, 0.717) is 11.9 Å². The molecule has 4 rings (SSSR count). The molecule has 1 N–H and O–H groups in total. The Morgan fingerprint density at radius 1 is 1.20 bits per heavy atom. The highest BCUT2D eigenvalue weighted by Crippen LogP contribution is 2.45. The monoisotopic (exact) mass is 277 g/mol. The second-order valence-electron chi connectivity index (χ2n) is 6.79. The third kappa shape index (κ3) is 1.99. The highest BCUT2D eigenvalue weighted by Gasteiger charge is 2.48. The fraction of sp³-hybridized carbons (Fsp3) is 0.867. The molecule has 1 atom stereocenters. The van der Waals surface area contributed by atoms with Crippen LogP contribution in [0.2, 0.25) is 0 Å². The Hall–Kier alpha value is -0.940. The molecule has 5 nitrogen and oxygen atoms in total. The molecule has 1 spiro atoms. The van der Waals surface area contributed by atoms with E-state index in [9.17, 15) is 0 Å². The number of nitrogens with zero attached hydrogens (tertiary/aromatic N) is 2. The Kier molecular flexibility index (Phi) is 2.89. The number of aromatic nitrogens is 2. The Balaban J connectivity index is 1.49. The van der Waals surface area contributed by atoms with Gasteiger partial charge < -0.3 is 14.6 Å². The molecule has 0 unspecified atom stereocenters. The first kappa shape index (κ1) is 12.8. The van der Waals surface area contributed by atoms with Crippen LogP contribution in [0.4, 0.5) is 0 Å². The van der Waals surface area contributed by atoms with E-state index < -0.39 is 0 Å². The van der Waals surface area contributed by atoms with Crippen LogP contribution in [0.3, 0.4) is 0 Å². The molecule has 2 heterocycles. The Labute approximate surface area is 119 Å². The molecule has 0 aromatic carbocycles. The fourth-order valence-electron chi connectivity index (χ4n) is 3.92. The van der Waals surface area contributed by atoms with Gasteiger partial charge in [-0.2, -0.15) is 4.98 Å². The maximum Gasteiger partial charge on any atom is 0.223 e. The topological polar surface area (TPSA) is 60.2 Å². The maximum atomic E-state index is 6.02. The van der Waals surface area contributed by atoms with Gasteiger partial charge in [0.25, 0.3) is 0 Å². The lowest BCUT2D eigenvalue weighted by Crippen LogP contribution is -2.58. The van der Waals surface area contributed by atoms with Crippen molar-refractivity contribution >= 4 is 0 Å². The Bertz CT molecular complexity index is 491. The van der Waals surface area contributed by atoms with Gasteiger partial charge in [-0.05, 0) is 51.4 Å². The van der Waals surface area contributed by atoms with Crippen molar-refractivity contribution in [2.75, 3.05) is 6.61 Å². The van der Waals surface area contributed by atoms with Crippen molar-refractivity contribution in [3.63, 3.8) is 0 Å². The summed E-state index contributed by atoms with van der Waals surface area (Å²) >= 11 is 0. The average Bonchev–Trinajstić information content (AvgIpc) is 2.79. The van der Waals surface area contributed by atoms with E-state index in [1.165, 1.54) is 25.7 Å². The average molecular weight is 277 g/mol. The van der Waals surface area contributed by atoms with Crippen LogP contribution in [0.5, 0.6) is 0 Å². The van der Waals surface area contributed by atoms with Gasteiger partial charge in [0, 0.05) is 19.6 Å². The molecule has 3 aliphatic rings. The number of hydrogen-bond acceptors (Lipinski definition) is 5. The second kappa shape index (κ2) is 4.53. The number of hydrogen-bond donors (Lipinski definition) is 1. The predicted octanol–water partition coefficient (Wildman–Crippen LogP) is 2.45. The van der Waals surface area contributed by atoms with E-state index in [1.54, 1.807) is 0 Å². The minimum absolute atomic E-state index is 0.0370. The minimum Gasteiger partial charge on any atom is -0.375 e. The predicted molar refractivity (Wildman–Crippen MR) is 73.3 cm³/mol. The molecule has 1 aliphatic heterocycles. The van der Waals surface area contributed by atoms with Crippen molar-refractivity contribution < 1.29 is 9.26 Å². The molecule has 2 saturated carbocycles. The molecule has 2 aliphatic carbocycles. The highest BCUT2D eigenvalue weighted by atomic mass is 16.5. The van der Waals surface area contributed by atoms with Crippen LogP contribution in [0.25, 0.3) is 0 Å². The van der Waals surface area contributed by atoms with Crippen LogP contribution in [-0.2, 0) is 10.3 Å². The van der Waals surface area contributed by atoms with Crippen LogP contribution in [0, 0.1) is 6.92 Å². The van der Waals surface area contributed by atoms with Crippen LogP contribution >= 0.6 is 0 Å². The smallest absolute Gasteiger partial charge is 0.223 e. The zero-order valence-corrected chi connectivity index (χ0v) is 12.2. The first-order valence-electron chi connectivity index (χ1n) is 7.92. The van der Waals surface area contributed by atoms with Crippen LogP contribution in [0.1, 0.15) is 63.1 Å². The summed E-state index contributed by atoms with van der Waals surface area (Å²) in [4.78, 5) is 4.47. The fourth-order valence-corrected chi connectivity index (χ4v) is 3.92. The Morgan fingerprint density at radius 3 is 2.55 bits per heavy atom. The molecular weight excluding hydrogens is 254 g/mol. The molecule has 0 radical (unpaired) electrons. The van der Waals surface area contributed by atoms with Gasteiger partial charge in [-0.1, -0.05) is 5.16 Å². The molecule has 3 fully saturated rings. The van der Waals surface area contributed by atoms with Crippen LogP contribution in [0.15, 0.2) is 4.52 Å². The lowest BCUT2D eigenvalue weighted by Gasteiger charge is -2.50. The molecule has 1 aromatic rings. The van der Waals surface area contributed by atoms with Gasteiger partial charge in [0.05, 0.1) is 11.1 Å². The van der Waals surface area contributed by atoms with Crippen molar-refractivity contribution in [3.8, 4) is 0 Å². The van der Waals surface area contributed by atoms with E-state index >= 15 is 0 Å². The van der Waals surface area contributed by atoms with Gasteiger partial charge in [-0.25, -0.2) is 0 Å². The zero-order valence-electron chi connectivity index (χ0n) is 12.2. The van der Waals surface area contributed by atoms with E-state index in [2.05, 4.69) is 15.5 Å². The lowest BCUT2D eigenvalue weighted by molar-refractivity contribution is -0.139. The summed E-state index contributed by atoms with van der Waals surface area (Å²) in [6.45, 7) is 2.75. The zero-order chi connectivity index (χ0) is 13.6. The Morgan fingerprint density at radius 2 is 2.00 bits per heavy atom. The summed E-state index contributed by atoms with van der Waals surface area (Å²) in [5, 5.41) is 8.02. The molecular formula is C15H23N3O2. The molecule has 1 saturated heterocycles. The molecule has 20 heavy (non-hydrogen) atoms. The van der Waals surface area contributed by atoms with Gasteiger partial charge in [0.15, 0.2) is 5.82 Å². The number of nitrogens with one attached hydrogen (secondary N) is 1. The summed E-state index contributed by atoms with van der Waals surface area (Å²) in [5.74, 6) is 1.52. The van der Waals surface area contributed by atoms with Crippen LogP contribution in [-0.4, -0.2) is 28.4 Å². The highest BCUT2D eigenvalue weighted by molar-refractivity contribution is 5.12. The third-order valence-electron chi connectivity index (χ3n) is 5.40. The normalized spacial score (nSPS) is 30.8. The SMILES string of the molecule is Cc1nc(C2(N[C@H]3CCOC4(CCC4)C3)CCC2)no1. The van der Waals surface area contributed by atoms with Crippen molar-refractivity contribution in [2.45, 2.75) is 75.5 Å². The molecule has 0 amide bonds. The number of ether oxygens (including phenoxy) is 1.